The second-order valence-corrected chi connectivity index (χ2v) is 12.5. The second-order valence-electron chi connectivity index (χ2n) is 10.6. The number of carbonyl (C=O) groups excluding carboxylic acids is 1. The highest BCUT2D eigenvalue weighted by molar-refractivity contribution is 6.34. The zero-order valence-electron chi connectivity index (χ0n) is 25.1. The Balaban J connectivity index is 1.59. The highest BCUT2D eigenvalue weighted by Gasteiger charge is 2.34. The lowest BCUT2D eigenvalue weighted by Crippen LogP contribution is -2.37. The highest BCUT2D eigenvalue weighted by Crippen LogP contribution is 2.36. The third-order valence-electron chi connectivity index (χ3n) is 6.24. The first-order chi connectivity index (χ1) is 19.3. The first kappa shape index (κ1) is 33.9. The lowest BCUT2D eigenvalue weighted by molar-refractivity contribution is -0.143. The molecule has 40 heavy (non-hydrogen) atoms. The maximum Gasteiger partial charge on any atom is 0.434 e. The smallest absolute Gasteiger partial charge is 0.434 e. The van der Waals surface area contributed by atoms with E-state index in [2.05, 4.69) is 67.6 Å². The van der Waals surface area contributed by atoms with E-state index >= 15 is 0 Å². The van der Waals surface area contributed by atoms with E-state index in [1.165, 1.54) is 18.2 Å². The van der Waals surface area contributed by atoms with Gasteiger partial charge in [0.2, 0.25) is 0 Å². The molecule has 0 heterocycles. The number of hydroxylamine groups is 2. The van der Waals surface area contributed by atoms with Crippen LogP contribution in [0.25, 0.3) is 0 Å². The molecular weight excluding hydrogens is 526 g/mol. The van der Waals surface area contributed by atoms with Gasteiger partial charge in [-0.15, -0.1) is 0 Å². The number of hydrogen-bond acceptors (Lipinski definition) is 7. The Morgan fingerprint density at radius 1 is 0.750 bits per heavy atom. The number of nitrogens with zero attached hydrogens (tertiary/aromatic N) is 1. The van der Waals surface area contributed by atoms with Crippen LogP contribution in [0.5, 0.6) is 0 Å². The molecule has 0 aliphatic heterocycles. The highest BCUT2D eigenvalue weighted by atomic mass is 28.2. The molecule has 0 aliphatic rings. The number of unbranched alkanes of at least 4 members (excludes halogenated alkanes) is 1. The number of hydrogen-bond donors (Lipinski definition) is 0. The number of carbonyl (C=O) groups is 1. The normalized spacial score (nSPS) is 12.2. The first-order valence-electron chi connectivity index (χ1n) is 14.3. The fraction of sp³-hybridized carbons (Fsp3) is 0.581. The van der Waals surface area contributed by atoms with Gasteiger partial charge in [-0.1, -0.05) is 80.4 Å². The molecule has 224 valence electrons. The minimum absolute atomic E-state index is 0.0438. The van der Waals surface area contributed by atoms with Crippen LogP contribution in [0.15, 0.2) is 60.7 Å². The SMILES string of the molecule is CCCCC([SiH2]OCCOCCOCCOCCON(C)C(=O)OC(C)(C)C)(c1ccccc1)c1ccccc1. The topological polar surface area (TPSA) is 75.7 Å². The molecule has 0 radical (unpaired) electrons. The summed E-state index contributed by atoms with van der Waals surface area (Å²) in [7, 11) is 0.573. The molecule has 0 fully saturated rings. The van der Waals surface area contributed by atoms with E-state index < -0.39 is 21.5 Å². The Hall–Kier alpha value is -2.27. The van der Waals surface area contributed by atoms with E-state index in [0.29, 0.717) is 46.2 Å². The van der Waals surface area contributed by atoms with Crippen molar-refractivity contribution in [1.82, 2.24) is 5.06 Å². The summed E-state index contributed by atoms with van der Waals surface area (Å²) in [6.07, 6.45) is 2.87. The van der Waals surface area contributed by atoms with E-state index in [9.17, 15) is 4.79 Å². The predicted molar refractivity (Wildman–Crippen MR) is 160 cm³/mol. The summed E-state index contributed by atoms with van der Waals surface area (Å²) >= 11 is 0. The fourth-order valence-electron chi connectivity index (χ4n) is 4.21. The van der Waals surface area contributed by atoms with Crippen molar-refractivity contribution in [3.8, 4) is 0 Å². The molecule has 0 N–H and O–H groups in total. The van der Waals surface area contributed by atoms with Gasteiger partial charge in [0.05, 0.1) is 52.9 Å². The third kappa shape index (κ3) is 12.9. The summed E-state index contributed by atoms with van der Waals surface area (Å²) in [5, 5.41) is 1.03. The second kappa shape index (κ2) is 19.0. The number of benzene rings is 2. The van der Waals surface area contributed by atoms with Gasteiger partial charge in [-0.25, -0.2) is 4.79 Å². The zero-order chi connectivity index (χ0) is 29.1. The van der Waals surface area contributed by atoms with Crippen molar-refractivity contribution >= 4 is 15.9 Å². The van der Waals surface area contributed by atoms with Crippen LogP contribution in [0.1, 0.15) is 58.1 Å². The standard InChI is InChI=1S/C31H49NO7Si/c1-6-7-18-31(27-14-10-8-11-15-27,28-16-12-9-13-17-28)40-38-26-24-36-22-20-34-19-21-35-23-25-37-32(5)29(33)39-30(2,3)4/h8-17H,6-7,18-26,40H2,1-5H3. The van der Waals surface area contributed by atoms with Gasteiger partial charge in [-0.3, -0.25) is 4.84 Å². The Morgan fingerprint density at radius 2 is 1.23 bits per heavy atom. The van der Waals surface area contributed by atoms with E-state index in [4.69, 9.17) is 28.2 Å². The van der Waals surface area contributed by atoms with Gasteiger partial charge in [0.25, 0.3) is 0 Å². The molecule has 0 spiro atoms. The predicted octanol–water partition coefficient (Wildman–Crippen LogP) is 5.07. The largest absolute Gasteiger partial charge is 0.442 e. The molecule has 1 amide bonds. The van der Waals surface area contributed by atoms with Gasteiger partial charge in [-0.05, 0) is 38.3 Å². The lowest BCUT2D eigenvalue weighted by Gasteiger charge is -2.34. The lowest BCUT2D eigenvalue weighted by atomic mass is 9.85. The van der Waals surface area contributed by atoms with E-state index in [0.717, 1.165) is 24.3 Å². The minimum atomic E-state index is -0.941. The average molecular weight is 576 g/mol. The fourth-order valence-corrected chi connectivity index (χ4v) is 6.02. The van der Waals surface area contributed by atoms with Gasteiger partial charge < -0.3 is 23.4 Å². The molecule has 0 saturated carbocycles. The summed E-state index contributed by atoms with van der Waals surface area (Å²) in [6.45, 7) is 11.3. The van der Waals surface area contributed by atoms with Crippen molar-refractivity contribution < 1.29 is 33.0 Å². The Labute approximate surface area is 243 Å². The monoisotopic (exact) mass is 575 g/mol. The molecule has 2 aromatic carbocycles. The number of rotatable bonds is 20. The van der Waals surface area contributed by atoms with Crippen molar-refractivity contribution in [3.63, 3.8) is 0 Å². The minimum Gasteiger partial charge on any atom is -0.442 e. The molecule has 9 heteroatoms. The van der Waals surface area contributed by atoms with Crippen LogP contribution in [0.4, 0.5) is 4.79 Å². The average Bonchev–Trinajstić information content (AvgIpc) is 2.95. The van der Waals surface area contributed by atoms with Gasteiger partial charge in [-0.2, -0.15) is 5.06 Å². The summed E-state index contributed by atoms with van der Waals surface area (Å²) < 4.78 is 28.3. The van der Waals surface area contributed by atoms with Crippen LogP contribution < -0.4 is 0 Å². The van der Waals surface area contributed by atoms with Crippen molar-refractivity contribution in [2.45, 2.75) is 57.6 Å². The molecule has 0 aliphatic carbocycles. The summed E-state index contributed by atoms with van der Waals surface area (Å²) in [5.74, 6) is 0. The Kier molecular flexibility index (Phi) is 16.1. The Bertz CT molecular complexity index is 885. The van der Waals surface area contributed by atoms with Gasteiger partial charge in [0, 0.05) is 12.1 Å². The van der Waals surface area contributed by atoms with Crippen LogP contribution in [-0.4, -0.2) is 86.4 Å². The number of ether oxygens (including phenoxy) is 4. The quantitative estimate of drug-likeness (QED) is 0.124. The molecule has 8 nitrogen and oxygen atoms in total. The van der Waals surface area contributed by atoms with E-state index in [-0.39, 0.29) is 11.6 Å². The molecule has 0 bridgehead atoms. The summed E-state index contributed by atoms with van der Waals surface area (Å²) in [5.41, 5.74) is 2.13. The van der Waals surface area contributed by atoms with Crippen molar-refractivity contribution in [1.29, 1.82) is 0 Å². The molecule has 0 atom stereocenters. The molecule has 0 aromatic heterocycles. The van der Waals surface area contributed by atoms with Gasteiger partial charge in [0.15, 0.2) is 9.76 Å². The maximum atomic E-state index is 11.8. The van der Waals surface area contributed by atoms with Gasteiger partial charge in [0.1, 0.15) is 5.60 Å². The maximum absolute atomic E-state index is 11.8. The molecule has 2 aromatic rings. The van der Waals surface area contributed by atoms with Crippen LogP contribution in [-0.2, 0) is 33.2 Å². The van der Waals surface area contributed by atoms with Crippen LogP contribution in [0.3, 0.4) is 0 Å². The third-order valence-corrected chi connectivity index (χ3v) is 8.39. The molecule has 0 saturated heterocycles. The number of amides is 1. The van der Waals surface area contributed by atoms with Crippen molar-refractivity contribution in [2.24, 2.45) is 0 Å². The summed E-state index contributed by atoms with van der Waals surface area (Å²) in [4.78, 5) is 17.1. The van der Waals surface area contributed by atoms with Crippen molar-refractivity contribution in [2.75, 3.05) is 59.9 Å². The Morgan fingerprint density at radius 3 is 1.70 bits per heavy atom. The van der Waals surface area contributed by atoms with Crippen LogP contribution in [0, 0.1) is 0 Å². The summed E-state index contributed by atoms with van der Waals surface area (Å²) in [6, 6.07) is 21.6. The molecule has 0 unspecified atom stereocenters. The van der Waals surface area contributed by atoms with E-state index in [1.807, 2.05) is 0 Å². The zero-order valence-corrected chi connectivity index (χ0v) is 26.5. The van der Waals surface area contributed by atoms with Crippen LogP contribution in [0.2, 0.25) is 0 Å². The van der Waals surface area contributed by atoms with Crippen LogP contribution >= 0.6 is 0 Å². The first-order valence-corrected chi connectivity index (χ1v) is 15.6. The van der Waals surface area contributed by atoms with Gasteiger partial charge >= 0.3 is 6.09 Å². The molecule has 2 rings (SSSR count). The molecular formula is C31H49NO7Si. The van der Waals surface area contributed by atoms with E-state index in [1.54, 1.807) is 20.8 Å². The van der Waals surface area contributed by atoms with Crippen molar-refractivity contribution in [3.05, 3.63) is 71.8 Å².